The maximum atomic E-state index is 14.0. The average molecular weight is 651 g/mol. The van der Waals surface area contributed by atoms with Crippen LogP contribution < -0.4 is 9.64 Å². The number of hydrogen-bond acceptors (Lipinski definition) is 7. The van der Waals surface area contributed by atoms with Crippen LogP contribution in [0.2, 0.25) is 0 Å². The SMILES string of the molecule is CC(=O)c1ccc(N2C(=O)[C@H]3[C@H](CC=C4[C@H]3C[C@@]3(Cl)C(=O)N(C)C(=O)[C@@]3(Cl)[C@H]4c3cc(OC(F)(F)F)ccc3O)C2=O)cc1. The molecule has 2 saturated heterocycles. The molecule has 4 aliphatic rings. The van der Waals surface area contributed by atoms with Gasteiger partial charge in [0.15, 0.2) is 15.5 Å². The van der Waals surface area contributed by atoms with Gasteiger partial charge in [0.2, 0.25) is 11.8 Å². The highest BCUT2D eigenvalue weighted by atomic mass is 35.5. The zero-order valence-corrected chi connectivity index (χ0v) is 24.5. The summed E-state index contributed by atoms with van der Waals surface area (Å²) in [6.45, 7) is 1.37. The van der Waals surface area contributed by atoms with Crippen molar-refractivity contribution in [2.75, 3.05) is 11.9 Å². The molecule has 1 N–H and O–H groups in total. The number of carbonyl (C=O) groups is 5. The molecule has 3 fully saturated rings. The van der Waals surface area contributed by atoms with Crippen molar-refractivity contribution in [2.24, 2.45) is 17.8 Å². The molecule has 2 heterocycles. The fourth-order valence-electron chi connectivity index (χ4n) is 7.15. The van der Waals surface area contributed by atoms with Crippen molar-refractivity contribution in [1.82, 2.24) is 4.90 Å². The molecule has 2 aliphatic carbocycles. The molecule has 4 amide bonds. The van der Waals surface area contributed by atoms with Crippen LogP contribution in [0.15, 0.2) is 54.1 Å². The number of alkyl halides is 5. The molecule has 1 saturated carbocycles. The maximum Gasteiger partial charge on any atom is 0.573 e. The zero-order chi connectivity index (χ0) is 32.1. The number of amides is 4. The van der Waals surface area contributed by atoms with Crippen molar-refractivity contribution >= 4 is 58.3 Å². The van der Waals surface area contributed by atoms with Crippen molar-refractivity contribution < 1.29 is 47.0 Å². The molecular weight excluding hydrogens is 628 g/mol. The van der Waals surface area contributed by atoms with Gasteiger partial charge in [0.05, 0.1) is 17.5 Å². The van der Waals surface area contributed by atoms with Crippen LogP contribution in [-0.4, -0.2) is 62.6 Å². The molecule has 44 heavy (non-hydrogen) atoms. The molecule has 230 valence electrons. The third-order valence-electron chi connectivity index (χ3n) is 9.09. The third-order valence-corrected chi connectivity index (χ3v) is 10.5. The van der Waals surface area contributed by atoms with Gasteiger partial charge >= 0.3 is 6.36 Å². The lowest BCUT2D eigenvalue weighted by molar-refractivity contribution is -0.274. The number of halogens is 5. The van der Waals surface area contributed by atoms with Gasteiger partial charge in [0.25, 0.3) is 11.8 Å². The first-order valence-corrected chi connectivity index (χ1v) is 14.2. The van der Waals surface area contributed by atoms with E-state index in [-0.39, 0.29) is 35.4 Å². The van der Waals surface area contributed by atoms with E-state index in [0.717, 1.165) is 35.0 Å². The van der Waals surface area contributed by atoms with Gasteiger partial charge in [-0.3, -0.25) is 33.8 Å². The Morgan fingerprint density at radius 2 is 1.66 bits per heavy atom. The van der Waals surface area contributed by atoms with Crippen molar-refractivity contribution in [2.45, 2.75) is 41.8 Å². The number of Topliss-reactive ketones (excluding diaryl/α,β-unsaturated/α-hetero) is 1. The maximum absolute atomic E-state index is 14.0. The second-order valence-electron chi connectivity index (χ2n) is 11.4. The topological polar surface area (TPSA) is 121 Å². The molecular formula is C30H23Cl2F3N2O7. The summed E-state index contributed by atoms with van der Waals surface area (Å²) in [5.41, 5.74) is 0.605. The summed E-state index contributed by atoms with van der Waals surface area (Å²) in [7, 11) is 1.16. The molecule has 0 spiro atoms. The van der Waals surface area contributed by atoms with E-state index in [1.54, 1.807) is 6.08 Å². The fourth-order valence-corrected chi connectivity index (χ4v) is 8.16. The number of ether oxygens (including phenoxy) is 1. The van der Waals surface area contributed by atoms with Crippen LogP contribution in [0.4, 0.5) is 18.9 Å². The number of ketones is 1. The Labute approximate surface area is 258 Å². The summed E-state index contributed by atoms with van der Waals surface area (Å²) in [5, 5.41) is 10.9. The van der Waals surface area contributed by atoms with Crippen LogP contribution in [0.3, 0.4) is 0 Å². The molecule has 14 heteroatoms. The number of benzene rings is 2. The summed E-state index contributed by atoms with van der Waals surface area (Å²) in [6, 6.07) is 8.56. The first-order chi connectivity index (χ1) is 20.5. The number of hydrogen-bond donors (Lipinski definition) is 1. The molecule has 0 unspecified atom stereocenters. The summed E-state index contributed by atoms with van der Waals surface area (Å²) in [4.78, 5) is 63.7. The predicted octanol–water partition coefficient (Wildman–Crippen LogP) is 4.69. The summed E-state index contributed by atoms with van der Waals surface area (Å²) < 4.78 is 43.4. The van der Waals surface area contributed by atoms with E-state index in [2.05, 4.69) is 4.74 Å². The van der Waals surface area contributed by atoms with Crippen LogP contribution in [0.25, 0.3) is 0 Å². The minimum Gasteiger partial charge on any atom is -0.508 e. The Kier molecular flexibility index (Phi) is 6.71. The predicted molar refractivity (Wildman–Crippen MR) is 149 cm³/mol. The number of carbonyl (C=O) groups excluding carboxylic acids is 5. The van der Waals surface area contributed by atoms with Gasteiger partial charge in [0, 0.05) is 24.1 Å². The Hall–Kier alpha value is -3.90. The number of imide groups is 2. The van der Waals surface area contributed by atoms with Crippen LogP contribution in [0.1, 0.15) is 41.6 Å². The number of anilines is 1. The third kappa shape index (κ3) is 4.10. The number of phenols is 1. The summed E-state index contributed by atoms with van der Waals surface area (Å²) in [6.07, 6.45) is -3.85. The van der Waals surface area contributed by atoms with Gasteiger partial charge in [-0.25, -0.2) is 0 Å². The molecule has 0 aromatic heterocycles. The number of nitrogens with zero attached hydrogens (tertiary/aromatic N) is 2. The van der Waals surface area contributed by atoms with Crippen LogP contribution in [-0.2, 0) is 19.2 Å². The van der Waals surface area contributed by atoms with E-state index in [9.17, 15) is 42.3 Å². The molecule has 6 atom stereocenters. The quantitative estimate of drug-likeness (QED) is 0.221. The highest BCUT2D eigenvalue weighted by Gasteiger charge is 2.76. The number of fused-ring (bicyclic) bond motifs is 4. The second kappa shape index (κ2) is 9.80. The monoisotopic (exact) mass is 650 g/mol. The summed E-state index contributed by atoms with van der Waals surface area (Å²) in [5.74, 6) is -8.85. The molecule has 2 aromatic carbocycles. The Morgan fingerprint density at radius 1 is 1.00 bits per heavy atom. The molecule has 6 rings (SSSR count). The van der Waals surface area contributed by atoms with Crippen molar-refractivity contribution in [3.8, 4) is 11.5 Å². The molecule has 2 aromatic rings. The van der Waals surface area contributed by atoms with Crippen molar-refractivity contribution in [3.05, 3.63) is 65.2 Å². The first kappa shape index (κ1) is 30.1. The van der Waals surface area contributed by atoms with Gasteiger partial charge in [-0.15, -0.1) is 36.4 Å². The molecule has 9 nitrogen and oxygen atoms in total. The standard InChI is InChI=1S/C30H23Cl2F3N2O7/c1-13(38)14-3-5-15(6-4-14)37-24(40)18-9-8-17-20(22(18)25(37)41)12-28(31)26(42)36(2)27(43)29(28,32)23(17)19-11-16(7-10-21(19)39)44-30(33,34)35/h3-8,10-11,18,20,22-23,39H,9,12H2,1-2H3/t18-,20+,22-,23+,28+,29-/m0/s1. The smallest absolute Gasteiger partial charge is 0.508 e. The van der Waals surface area contributed by atoms with E-state index in [1.807, 2.05) is 0 Å². The fraction of sp³-hybridized carbons (Fsp3) is 0.367. The van der Waals surface area contributed by atoms with E-state index >= 15 is 0 Å². The Morgan fingerprint density at radius 3 is 2.27 bits per heavy atom. The Bertz CT molecular complexity index is 1690. The normalized spacial score (nSPS) is 31.5. The van der Waals surface area contributed by atoms with Crippen molar-refractivity contribution in [1.29, 1.82) is 0 Å². The Balaban J connectivity index is 1.49. The van der Waals surface area contributed by atoms with Gasteiger partial charge in [-0.2, -0.15) is 0 Å². The molecule has 0 radical (unpaired) electrons. The van der Waals surface area contributed by atoms with E-state index < -0.39 is 74.9 Å². The minimum absolute atomic E-state index is 0.000657. The van der Waals surface area contributed by atoms with Gasteiger partial charge in [-0.1, -0.05) is 11.6 Å². The van der Waals surface area contributed by atoms with Gasteiger partial charge in [-0.05, 0) is 68.1 Å². The number of phenolic OH excluding ortho intramolecular Hbond substituents is 1. The van der Waals surface area contributed by atoms with Crippen molar-refractivity contribution in [3.63, 3.8) is 0 Å². The van der Waals surface area contributed by atoms with E-state index in [1.165, 1.54) is 31.2 Å². The number of rotatable bonds is 4. The number of likely N-dealkylation sites (tertiary alicyclic amines) is 1. The summed E-state index contributed by atoms with van der Waals surface area (Å²) >= 11 is 14.0. The first-order valence-electron chi connectivity index (χ1n) is 13.5. The van der Waals surface area contributed by atoms with E-state index in [4.69, 9.17) is 23.2 Å². The highest BCUT2D eigenvalue weighted by Crippen LogP contribution is 2.66. The number of allylic oxidation sites excluding steroid dienone is 2. The highest BCUT2D eigenvalue weighted by molar-refractivity contribution is 6.53. The molecule has 2 aliphatic heterocycles. The molecule has 0 bridgehead atoms. The minimum atomic E-state index is -5.09. The lowest BCUT2D eigenvalue weighted by Gasteiger charge is -2.50. The van der Waals surface area contributed by atoms with Gasteiger partial charge < -0.3 is 9.84 Å². The zero-order valence-electron chi connectivity index (χ0n) is 23.0. The van der Waals surface area contributed by atoms with Crippen LogP contribution in [0, 0.1) is 17.8 Å². The van der Waals surface area contributed by atoms with E-state index in [0.29, 0.717) is 5.56 Å². The number of aromatic hydroxyl groups is 1. The van der Waals surface area contributed by atoms with Crippen LogP contribution in [0.5, 0.6) is 11.5 Å². The second-order valence-corrected chi connectivity index (χ2v) is 12.6. The lowest BCUT2D eigenvalue weighted by atomic mass is 9.56. The van der Waals surface area contributed by atoms with Crippen LogP contribution >= 0.6 is 23.2 Å². The largest absolute Gasteiger partial charge is 0.573 e. The van der Waals surface area contributed by atoms with Gasteiger partial charge in [0.1, 0.15) is 11.5 Å². The average Bonchev–Trinajstić information content (AvgIpc) is 3.28. The lowest BCUT2D eigenvalue weighted by Crippen LogP contribution is -2.60.